The Hall–Kier alpha value is -5.91. The predicted octanol–water partition coefficient (Wildman–Crippen LogP) is 12.2. The van der Waals surface area contributed by atoms with Gasteiger partial charge in [-0.05, 0) is 80.6 Å². The topological polar surface area (TPSA) is 43.6 Å². The number of aromatic nitrogens is 4. The van der Waals surface area contributed by atoms with Crippen molar-refractivity contribution >= 4 is 59.6 Å². The summed E-state index contributed by atoms with van der Waals surface area (Å²) in [7, 11) is 0. The van der Waals surface area contributed by atoms with Gasteiger partial charge in [0, 0.05) is 36.9 Å². The first-order valence-corrected chi connectivity index (χ1v) is 18.9. The molecular formula is C47H34N4S. The lowest BCUT2D eigenvalue weighted by atomic mass is 9.80. The second kappa shape index (κ2) is 10.8. The van der Waals surface area contributed by atoms with Gasteiger partial charge in [0.2, 0.25) is 5.95 Å². The number of nitrogens with zero attached hydrogens (tertiary/aromatic N) is 4. The molecule has 0 aliphatic heterocycles. The molecule has 0 bridgehead atoms. The fraction of sp³-hybridized carbons (Fsp3) is 0.128. The molecule has 0 spiro atoms. The molecule has 3 heterocycles. The Morgan fingerprint density at radius 3 is 2.25 bits per heavy atom. The van der Waals surface area contributed by atoms with E-state index in [1.54, 1.807) is 0 Å². The molecule has 1 unspecified atom stereocenters. The van der Waals surface area contributed by atoms with Crippen LogP contribution in [0, 0.1) is 0 Å². The first-order valence-electron chi connectivity index (χ1n) is 18.1. The first kappa shape index (κ1) is 29.8. The van der Waals surface area contributed by atoms with Crippen LogP contribution in [0.5, 0.6) is 0 Å². The van der Waals surface area contributed by atoms with E-state index >= 15 is 0 Å². The summed E-state index contributed by atoms with van der Waals surface area (Å²) in [6, 6.07) is 46.0. The van der Waals surface area contributed by atoms with Crippen molar-refractivity contribution in [2.24, 2.45) is 0 Å². The number of thiophene rings is 1. The van der Waals surface area contributed by atoms with Crippen molar-refractivity contribution in [2.75, 3.05) is 0 Å². The lowest BCUT2D eigenvalue weighted by molar-refractivity contribution is 0.666. The summed E-state index contributed by atoms with van der Waals surface area (Å²) in [5, 5.41) is 6.33. The molecule has 4 nitrogen and oxygen atoms in total. The van der Waals surface area contributed by atoms with Crippen LogP contribution >= 0.6 is 11.3 Å². The van der Waals surface area contributed by atoms with E-state index in [0.29, 0.717) is 17.7 Å². The minimum Gasteiger partial charge on any atom is -0.278 e. The molecule has 0 saturated carbocycles. The van der Waals surface area contributed by atoms with Crippen LogP contribution in [-0.2, 0) is 5.41 Å². The standard InChI is InChI=1S/C47H34N4S/c1-27-21-23-34(43-41(27)33-18-10-12-20-40(33)52-43)45-48-44(29-14-5-4-6-15-29)49-46(50-45)51-38-19-11-9-17-31(38)36-25-35-32-24-22-28-13-7-8-16-30(28)42(32)47(2,3)37(35)26-39(36)51/h4-20,22-27H,21H2,1-3H3. The van der Waals surface area contributed by atoms with E-state index in [2.05, 4.69) is 153 Å². The van der Waals surface area contributed by atoms with E-state index in [4.69, 9.17) is 15.0 Å². The van der Waals surface area contributed by atoms with Gasteiger partial charge in [-0.1, -0.05) is 130 Å². The monoisotopic (exact) mass is 686 g/mol. The van der Waals surface area contributed by atoms with Crippen LogP contribution in [0.15, 0.2) is 133 Å². The van der Waals surface area contributed by atoms with Gasteiger partial charge in [0.1, 0.15) is 0 Å². The highest BCUT2D eigenvalue weighted by molar-refractivity contribution is 7.20. The maximum atomic E-state index is 5.41. The summed E-state index contributed by atoms with van der Waals surface area (Å²) in [6.45, 7) is 7.08. The molecule has 2 aliphatic carbocycles. The zero-order valence-electron chi connectivity index (χ0n) is 29.2. The normalized spacial score (nSPS) is 16.0. The highest BCUT2D eigenvalue weighted by Crippen LogP contribution is 2.53. The quantitative estimate of drug-likeness (QED) is 0.186. The molecule has 0 radical (unpaired) electrons. The van der Waals surface area contributed by atoms with Crippen molar-refractivity contribution in [1.29, 1.82) is 0 Å². The Kier molecular flexibility index (Phi) is 6.19. The molecular weight excluding hydrogens is 653 g/mol. The first-order chi connectivity index (χ1) is 25.5. The van der Waals surface area contributed by atoms with E-state index < -0.39 is 0 Å². The maximum absolute atomic E-state index is 5.41. The Morgan fingerprint density at radius 2 is 1.38 bits per heavy atom. The van der Waals surface area contributed by atoms with Gasteiger partial charge in [-0.2, -0.15) is 9.97 Å². The van der Waals surface area contributed by atoms with Gasteiger partial charge in [-0.25, -0.2) is 4.98 Å². The summed E-state index contributed by atoms with van der Waals surface area (Å²) in [5.41, 5.74) is 10.8. The number of allylic oxidation sites excluding steroid dienone is 1. The van der Waals surface area contributed by atoms with Gasteiger partial charge >= 0.3 is 0 Å². The molecule has 0 saturated heterocycles. The Labute approximate surface area is 305 Å². The Bertz CT molecular complexity index is 2980. The van der Waals surface area contributed by atoms with Gasteiger partial charge < -0.3 is 0 Å². The Morgan fingerprint density at radius 1 is 0.654 bits per heavy atom. The van der Waals surface area contributed by atoms with Gasteiger partial charge in [-0.3, -0.25) is 4.57 Å². The number of hydrogen-bond donors (Lipinski definition) is 0. The number of fused-ring (bicyclic) bond motifs is 11. The fourth-order valence-corrected chi connectivity index (χ4v) is 10.4. The Balaban J connectivity index is 1.19. The maximum Gasteiger partial charge on any atom is 0.238 e. The molecule has 9 aromatic rings. The molecule has 2 aliphatic rings. The van der Waals surface area contributed by atoms with Gasteiger partial charge in [-0.15, -0.1) is 11.3 Å². The van der Waals surface area contributed by atoms with Crippen LogP contribution in [-0.4, -0.2) is 19.5 Å². The molecule has 0 amide bonds. The van der Waals surface area contributed by atoms with Crippen molar-refractivity contribution in [3.8, 4) is 28.5 Å². The van der Waals surface area contributed by atoms with Crippen molar-refractivity contribution in [3.63, 3.8) is 0 Å². The van der Waals surface area contributed by atoms with E-state index in [1.807, 2.05) is 17.4 Å². The molecule has 6 aromatic carbocycles. The van der Waals surface area contributed by atoms with Crippen LogP contribution in [0.2, 0.25) is 0 Å². The van der Waals surface area contributed by atoms with Crippen molar-refractivity contribution < 1.29 is 0 Å². The molecule has 0 N–H and O–H groups in total. The van der Waals surface area contributed by atoms with Gasteiger partial charge in [0.05, 0.1) is 11.0 Å². The molecule has 0 fully saturated rings. The van der Waals surface area contributed by atoms with Crippen molar-refractivity contribution in [2.45, 2.75) is 38.5 Å². The summed E-state index contributed by atoms with van der Waals surface area (Å²) >= 11 is 1.85. The van der Waals surface area contributed by atoms with E-state index in [9.17, 15) is 0 Å². The summed E-state index contributed by atoms with van der Waals surface area (Å²) < 4.78 is 3.58. The lowest BCUT2D eigenvalue weighted by Gasteiger charge is -2.23. The third-order valence-corrected chi connectivity index (χ3v) is 12.7. The SMILES string of the molecule is CC1CC=C(c2nc(-c3ccccc3)nc(-n3c4ccccc4c4cc5c(cc43)C(C)(C)c3c-5ccc4ccccc34)n2)c2sc3ccccc3c21. The number of benzene rings is 6. The minimum atomic E-state index is -0.193. The van der Waals surface area contributed by atoms with Crippen molar-refractivity contribution in [1.82, 2.24) is 19.5 Å². The molecule has 5 heteroatoms. The lowest BCUT2D eigenvalue weighted by Crippen LogP contribution is -2.16. The molecule has 248 valence electrons. The van der Waals surface area contributed by atoms with Crippen LogP contribution in [0.4, 0.5) is 0 Å². The van der Waals surface area contributed by atoms with E-state index in [-0.39, 0.29) is 5.41 Å². The summed E-state index contributed by atoms with van der Waals surface area (Å²) in [4.78, 5) is 17.2. The number of hydrogen-bond acceptors (Lipinski definition) is 4. The van der Waals surface area contributed by atoms with Crippen LogP contribution in [0.25, 0.3) is 76.7 Å². The second-order valence-corrected chi connectivity index (χ2v) is 15.9. The van der Waals surface area contributed by atoms with Crippen LogP contribution in [0.1, 0.15) is 60.5 Å². The van der Waals surface area contributed by atoms with E-state index in [1.165, 1.54) is 64.3 Å². The van der Waals surface area contributed by atoms with E-state index in [0.717, 1.165) is 34.4 Å². The average molecular weight is 687 g/mol. The zero-order chi connectivity index (χ0) is 34.7. The van der Waals surface area contributed by atoms with Crippen LogP contribution < -0.4 is 0 Å². The number of para-hydroxylation sites is 1. The summed E-state index contributed by atoms with van der Waals surface area (Å²) in [6.07, 6.45) is 3.29. The zero-order valence-corrected chi connectivity index (χ0v) is 30.0. The smallest absolute Gasteiger partial charge is 0.238 e. The third kappa shape index (κ3) is 4.11. The predicted molar refractivity (Wildman–Crippen MR) is 217 cm³/mol. The number of rotatable bonds is 3. The molecule has 3 aromatic heterocycles. The highest BCUT2D eigenvalue weighted by Gasteiger charge is 2.38. The van der Waals surface area contributed by atoms with Crippen LogP contribution in [0.3, 0.4) is 0 Å². The largest absolute Gasteiger partial charge is 0.278 e. The molecule has 1 atom stereocenters. The molecule has 52 heavy (non-hydrogen) atoms. The minimum absolute atomic E-state index is 0.193. The third-order valence-electron chi connectivity index (χ3n) is 11.5. The van der Waals surface area contributed by atoms with Gasteiger partial charge in [0.25, 0.3) is 0 Å². The fourth-order valence-electron chi connectivity index (χ4n) is 9.03. The van der Waals surface area contributed by atoms with Gasteiger partial charge in [0.15, 0.2) is 11.6 Å². The second-order valence-electron chi connectivity index (χ2n) is 14.8. The van der Waals surface area contributed by atoms with Crippen molar-refractivity contribution in [3.05, 3.63) is 161 Å². The highest BCUT2D eigenvalue weighted by atomic mass is 32.1. The molecule has 11 rings (SSSR count). The summed E-state index contributed by atoms with van der Waals surface area (Å²) in [5.74, 6) is 2.45. The average Bonchev–Trinajstić information content (AvgIpc) is 3.80.